The van der Waals surface area contributed by atoms with Crippen LogP contribution in [0.5, 0.6) is 0 Å². The van der Waals surface area contributed by atoms with Crippen molar-refractivity contribution in [3.05, 3.63) is 23.5 Å². The zero-order valence-electron chi connectivity index (χ0n) is 9.80. The maximum atomic E-state index is 5.73. The van der Waals surface area contributed by atoms with Crippen molar-refractivity contribution in [3.8, 4) is 0 Å². The molecular weight excluding hydrogens is 230 g/mol. The summed E-state index contributed by atoms with van der Waals surface area (Å²) in [5.41, 5.74) is 6.78. The van der Waals surface area contributed by atoms with Crippen LogP contribution in [0.3, 0.4) is 0 Å². The lowest BCUT2D eigenvalue weighted by Crippen LogP contribution is -2.20. The molecule has 0 aromatic carbocycles. The molecule has 0 unspecified atom stereocenters. The number of pyridine rings is 1. The monoisotopic (exact) mass is 247 g/mol. The van der Waals surface area contributed by atoms with Gasteiger partial charge in [0.25, 0.3) is 0 Å². The van der Waals surface area contributed by atoms with E-state index in [4.69, 9.17) is 10.7 Å². The molecule has 2 aromatic rings. The van der Waals surface area contributed by atoms with Crippen molar-refractivity contribution in [1.82, 2.24) is 9.97 Å². The fraction of sp³-hybridized carbons (Fsp3) is 0.538. The highest BCUT2D eigenvalue weighted by molar-refractivity contribution is 7.18. The van der Waals surface area contributed by atoms with Crippen LogP contribution in [0, 0.1) is 5.92 Å². The van der Waals surface area contributed by atoms with Gasteiger partial charge in [0.2, 0.25) is 0 Å². The van der Waals surface area contributed by atoms with Gasteiger partial charge in [-0.3, -0.25) is 4.98 Å². The van der Waals surface area contributed by atoms with E-state index in [-0.39, 0.29) is 0 Å². The Kier molecular flexibility index (Phi) is 3.07. The fourth-order valence-electron chi connectivity index (χ4n) is 2.62. The molecule has 0 aliphatic heterocycles. The Hall–Kier alpha value is -1.00. The predicted octanol–water partition coefficient (Wildman–Crippen LogP) is 2.92. The first-order valence-electron chi connectivity index (χ1n) is 6.27. The minimum Gasteiger partial charge on any atom is -0.330 e. The van der Waals surface area contributed by atoms with E-state index in [9.17, 15) is 0 Å². The van der Waals surface area contributed by atoms with Crippen LogP contribution in [-0.2, 0) is 0 Å². The summed E-state index contributed by atoms with van der Waals surface area (Å²) in [6.45, 7) is 0.844. The van der Waals surface area contributed by atoms with Gasteiger partial charge in [0, 0.05) is 12.1 Å². The topological polar surface area (TPSA) is 51.8 Å². The van der Waals surface area contributed by atoms with Gasteiger partial charge >= 0.3 is 0 Å². The summed E-state index contributed by atoms with van der Waals surface area (Å²) < 4.78 is 1.26. The molecule has 4 heteroatoms. The normalized spacial score (nSPS) is 25.2. The number of fused-ring (bicyclic) bond motifs is 1. The molecule has 0 atom stereocenters. The second kappa shape index (κ2) is 4.70. The Bertz CT molecular complexity index is 467. The van der Waals surface area contributed by atoms with Crippen LogP contribution < -0.4 is 5.73 Å². The molecule has 2 N–H and O–H groups in total. The Morgan fingerprint density at radius 2 is 2.12 bits per heavy atom. The Morgan fingerprint density at radius 3 is 2.82 bits per heavy atom. The summed E-state index contributed by atoms with van der Waals surface area (Å²) in [7, 11) is 0. The van der Waals surface area contributed by atoms with E-state index in [1.165, 1.54) is 35.4 Å². The van der Waals surface area contributed by atoms with E-state index < -0.39 is 0 Å². The SMILES string of the molecule is NCC1CCC(c2nc3cnccc3s2)CC1. The van der Waals surface area contributed by atoms with Crippen molar-refractivity contribution in [1.29, 1.82) is 0 Å². The lowest BCUT2D eigenvalue weighted by atomic mass is 9.82. The molecule has 0 amide bonds. The molecule has 3 nitrogen and oxygen atoms in total. The van der Waals surface area contributed by atoms with Crippen LogP contribution >= 0.6 is 11.3 Å². The Balaban J connectivity index is 1.80. The first kappa shape index (κ1) is 11.1. The molecular formula is C13H17N3S. The van der Waals surface area contributed by atoms with E-state index in [1.807, 2.05) is 23.7 Å². The van der Waals surface area contributed by atoms with Crippen LogP contribution in [0.2, 0.25) is 0 Å². The van der Waals surface area contributed by atoms with E-state index in [0.29, 0.717) is 5.92 Å². The largest absolute Gasteiger partial charge is 0.330 e. The van der Waals surface area contributed by atoms with E-state index in [0.717, 1.165) is 18.0 Å². The number of aromatic nitrogens is 2. The van der Waals surface area contributed by atoms with Crippen molar-refractivity contribution < 1.29 is 0 Å². The smallest absolute Gasteiger partial charge is 0.0998 e. The summed E-state index contributed by atoms with van der Waals surface area (Å²) in [5.74, 6) is 1.39. The maximum absolute atomic E-state index is 5.73. The second-order valence-corrected chi connectivity index (χ2v) is 5.91. The number of hydrogen-bond acceptors (Lipinski definition) is 4. The van der Waals surface area contributed by atoms with Gasteiger partial charge in [0.1, 0.15) is 0 Å². The number of thiazole rings is 1. The van der Waals surface area contributed by atoms with Crippen molar-refractivity contribution in [2.24, 2.45) is 11.7 Å². The molecule has 0 saturated heterocycles. The molecule has 90 valence electrons. The van der Waals surface area contributed by atoms with Gasteiger partial charge in [-0.2, -0.15) is 0 Å². The highest BCUT2D eigenvalue weighted by atomic mass is 32.1. The molecule has 1 aliphatic rings. The fourth-order valence-corrected chi connectivity index (χ4v) is 3.72. The molecule has 2 aromatic heterocycles. The number of nitrogens with zero attached hydrogens (tertiary/aromatic N) is 2. The summed E-state index contributed by atoms with van der Waals surface area (Å²) in [6, 6.07) is 2.06. The Morgan fingerprint density at radius 1 is 1.29 bits per heavy atom. The summed E-state index contributed by atoms with van der Waals surface area (Å²) >= 11 is 1.83. The summed E-state index contributed by atoms with van der Waals surface area (Å²) in [6.07, 6.45) is 8.71. The predicted molar refractivity (Wildman–Crippen MR) is 71.2 cm³/mol. The van der Waals surface area contributed by atoms with Crippen LogP contribution in [0.4, 0.5) is 0 Å². The van der Waals surface area contributed by atoms with Gasteiger partial charge in [0.15, 0.2) is 0 Å². The van der Waals surface area contributed by atoms with Gasteiger partial charge < -0.3 is 5.73 Å². The van der Waals surface area contributed by atoms with E-state index in [2.05, 4.69) is 11.1 Å². The second-order valence-electron chi connectivity index (χ2n) is 4.85. The van der Waals surface area contributed by atoms with Crippen molar-refractivity contribution in [2.45, 2.75) is 31.6 Å². The molecule has 0 spiro atoms. The summed E-state index contributed by atoms with van der Waals surface area (Å²) in [4.78, 5) is 8.84. The lowest BCUT2D eigenvalue weighted by molar-refractivity contribution is 0.332. The lowest BCUT2D eigenvalue weighted by Gasteiger charge is -2.26. The Labute approximate surface area is 105 Å². The quantitative estimate of drug-likeness (QED) is 0.887. The summed E-state index contributed by atoms with van der Waals surface area (Å²) in [5, 5.41) is 1.29. The zero-order valence-corrected chi connectivity index (χ0v) is 10.6. The third-order valence-corrected chi connectivity index (χ3v) is 4.93. The molecule has 1 fully saturated rings. The van der Waals surface area contributed by atoms with E-state index in [1.54, 1.807) is 0 Å². The van der Waals surface area contributed by atoms with Crippen LogP contribution in [0.15, 0.2) is 18.5 Å². The zero-order chi connectivity index (χ0) is 11.7. The average molecular weight is 247 g/mol. The molecule has 0 bridgehead atoms. The highest BCUT2D eigenvalue weighted by Gasteiger charge is 2.23. The van der Waals surface area contributed by atoms with Crippen molar-refractivity contribution in [3.63, 3.8) is 0 Å². The van der Waals surface area contributed by atoms with Gasteiger partial charge in [-0.15, -0.1) is 11.3 Å². The molecule has 0 radical (unpaired) electrons. The molecule has 3 rings (SSSR count). The van der Waals surface area contributed by atoms with Crippen LogP contribution in [0.25, 0.3) is 10.2 Å². The standard InChI is InChI=1S/C13H17N3S/c14-7-9-1-3-10(4-2-9)13-16-11-8-15-6-5-12(11)17-13/h5-6,8-10H,1-4,7,14H2. The van der Waals surface area contributed by atoms with Crippen molar-refractivity contribution >= 4 is 21.6 Å². The molecule has 17 heavy (non-hydrogen) atoms. The molecule has 2 heterocycles. The number of rotatable bonds is 2. The third kappa shape index (κ3) is 2.19. The minimum atomic E-state index is 0.648. The minimum absolute atomic E-state index is 0.648. The van der Waals surface area contributed by atoms with Crippen LogP contribution in [0.1, 0.15) is 36.6 Å². The van der Waals surface area contributed by atoms with Crippen molar-refractivity contribution in [2.75, 3.05) is 6.54 Å². The maximum Gasteiger partial charge on any atom is 0.0998 e. The van der Waals surface area contributed by atoms with Crippen LogP contribution in [-0.4, -0.2) is 16.5 Å². The third-order valence-electron chi connectivity index (χ3n) is 3.74. The van der Waals surface area contributed by atoms with Gasteiger partial charge in [-0.05, 0) is 44.2 Å². The first-order valence-corrected chi connectivity index (χ1v) is 7.09. The first-order chi connectivity index (χ1) is 8.36. The number of hydrogen-bond donors (Lipinski definition) is 1. The van der Waals surface area contributed by atoms with Gasteiger partial charge in [-0.25, -0.2) is 4.98 Å². The molecule has 1 saturated carbocycles. The highest BCUT2D eigenvalue weighted by Crippen LogP contribution is 2.38. The number of nitrogens with two attached hydrogens (primary N) is 1. The average Bonchev–Trinajstić information content (AvgIpc) is 2.82. The van der Waals surface area contributed by atoms with E-state index >= 15 is 0 Å². The molecule has 1 aliphatic carbocycles. The van der Waals surface area contributed by atoms with Gasteiger partial charge in [0.05, 0.1) is 21.4 Å². The van der Waals surface area contributed by atoms with Gasteiger partial charge in [-0.1, -0.05) is 0 Å².